The Bertz CT molecular complexity index is 320. The molecule has 0 bridgehead atoms. The van der Waals surface area contributed by atoms with Crippen LogP contribution in [-0.4, -0.2) is 43.5 Å². The van der Waals surface area contributed by atoms with Crippen LogP contribution >= 0.6 is 0 Å². The van der Waals surface area contributed by atoms with Crippen molar-refractivity contribution in [1.29, 1.82) is 0 Å². The van der Waals surface area contributed by atoms with E-state index in [0.717, 1.165) is 51.2 Å². The first-order chi connectivity index (χ1) is 10.2. The van der Waals surface area contributed by atoms with Gasteiger partial charge < -0.3 is 16.0 Å². The molecule has 0 aromatic carbocycles. The summed E-state index contributed by atoms with van der Waals surface area (Å²) in [5.74, 6) is 0.197. The molecule has 0 aromatic heterocycles. The zero-order valence-corrected chi connectivity index (χ0v) is 13.7. The second-order valence-electron chi connectivity index (χ2n) is 7.07. The average molecular weight is 295 g/mol. The van der Waals surface area contributed by atoms with Crippen LogP contribution in [0.2, 0.25) is 0 Å². The lowest BCUT2D eigenvalue weighted by atomic mass is 9.85. The molecule has 2 fully saturated rings. The van der Waals surface area contributed by atoms with Crippen molar-refractivity contribution in [2.75, 3.05) is 26.7 Å². The number of nitrogens with one attached hydrogen (secondary N) is 1. The first-order valence-electron chi connectivity index (χ1n) is 8.86. The van der Waals surface area contributed by atoms with Crippen molar-refractivity contribution in [3.8, 4) is 0 Å². The Morgan fingerprint density at radius 1 is 1.19 bits per heavy atom. The molecule has 21 heavy (non-hydrogen) atoms. The first kappa shape index (κ1) is 16.8. The number of carbonyl (C=O) groups excluding carboxylic acids is 1. The van der Waals surface area contributed by atoms with Crippen LogP contribution in [0, 0.1) is 5.41 Å². The molecule has 122 valence electrons. The third kappa shape index (κ3) is 4.43. The Labute approximate surface area is 129 Å². The summed E-state index contributed by atoms with van der Waals surface area (Å²) in [6.07, 6.45) is 12.1. The van der Waals surface area contributed by atoms with Gasteiger partial charge in [0.15, 0.2) is 0 Å². The normalized spacial score (nSPS) is 22.6. The molecule has 0 saturated heterocycles. The van der Waals surface area contributed by atoms with Gasteiger partial charge in [0.25, 0.3) is 0 Å². The van der Waals surface area contributed by atoms with E-state index in [4.69, 9.17) is 5.73 Å². The SMILES string of the molecule is CN(CCCNC(=O)C1(CN)CCCC1)C1CCCCC1. The zero-order valence-electron chi connectivity index (χ0n) is 13.7. The molecule has 2 saturated carbocycles. The fourth-order valence-corrected chi connectivity index (χ4v) is 4.00. The van der Waals surface area contributed by atoms with Crippen LogP contribution < -0.4 is 11.1 Å². The molecular formula is C17H33N3O. The molecule has 0 heterocycles. The highest BCUT2D eigenvalue weighted by molar-refractivity contribution is 5.83. The van der Waals surface area contributed by atoms with Crippen molar-refractivity contribution in [2.24, 2.45) is 11.1 Å². The van der Waals surface area contributed by atoms with Crippen molar-refractivity contribution in [3.63, 3.8) is 0 Å². The van der Waals surface area contributed by atoms with E-state index >= 15 is 0 Å². The Kier molecular flexibility index (Phi) is 6.49. The second-order valence-corrected chi connectivity index (χ2v) is 7.07. The van der Waals surface area contributed by atoms with Gasteiger partial charge in [0.2, 0.25) is 5.91 Å². The van der Waals surface area contributed by atoms with E-state index in [2.05, 4.69) is 17.3 Å². The van der Waals surface area contributed by atoms with Crippen molar-refractivity contribution in [2.45, 2.75) is 70.3 Å². The van der Waals surface area contributed by atoms with Crippen molar-refractivity contribution in [3.05, 3.63) is 0 Å². The van der Waals surface area contributed by atoms with Crippen LogP contribution in [0.3, 0.4) is 0 Å². The first-order valence-corrected chi connectivity index (χ1v) is 8.86. The molecule has 2 aliphatic carbocycles. The van der Waals surface area contributed by atoms with Crippen LogP contribution in [0.5, 0.6) is 0 Å². The molecule has 1 amide bonds. The van der Waals surface area contributed by atoms with E-state index < -0.39 is 0 Å². The maximum Gasteiger partial charge on any atom is 0.227 e. The molecule has 4 nitrogen and oxygen atoms in total. The number of carbonyl (C=O) groups is 1. The predicted molar refractivity (Wildman–Crippen MR) is 87.1 cm³/mol. The Hall–Kier alpha value is -0.610. The van der Waals surface area contributed by atoms with E-state index in [1.807, 2.05) is 0 Å². The monoisotopic (exact) mass is 295 g/mol. The van der Waals surface area contributed by atoms with Gasteiger partial charge in [-0.25, -0.2) is 0 Å². The molecular weight excluding hydrogens is 262 g/mol. The molecule has 0 radical (unpaired) electrons. The molecule has 2 aliphatic rings. The maximum absolute atomic E-state index is 12.3. The maximum atomic E-state index is 12.3. The number of amides is 1. The highest BCUT2D eigenvalue weighted by Gasteiger charge is 2.39. The number of hydrogen-bond acceptors (Lipinski definition) is 3. The Morgan fingerprint density at radius 3 is 2.48 bits per heavy atom. The van der Waals surface area contributed by atoms with Crippen LogP contribution in [0.25, 0.3) is 0 Å². The number of rotatable bonds is 7. The van der Waals surface area contributed by atoms with E-state index in [9.17, 15) is 4.79 Å². The van der Waals surface area contributed by atoms with Gasteiger partial charge >= 0.3 is 0 Å². The molecule has 4 heteroatoms. The Balaban J connectivity index is 1.63. The topological polar surface area (TPSA) is 58.4 Å². The second kappa shape index (κ2) is 8.14. The molecule has 2 rings (SSSR count). The third-order valence-electron chi connectivity index (χ3n) is 5.60. The summed E-state index contributed by atoms with van der Waals surface area (Å²) < 4.78 is 0. The summed E-state index contributed by atoms with van der Waals surface area (Å²) in [6, 6.07) is 0.764. The number of nitrogens with two attached hydrogens (primary N) is 1. The zero-order chi connectivity index (χ0) is 15.1. The van der Waals surface area contributed by atoms with Crippen molar-refractivity contribution in [1.82, 2.24) is 10.2 Å². The lowest BCUT2D eigenvalue weighted by Gasteiger charge is -2.31. The minimum Gasteiger partial charge on any atom is -0.356 e. The summed E-state index contributed by atoms with van der Waals surface area (Å²) in [4.78, 5) is 14.8. The highest BCUT2D eigenvalue weighted by atomic mass is 16.2. The van der Waals surface area contributed by atoms with Gasteiger partial charge in [0.1, 0.15) is 0 Å². The lowest BCUT2D eigenvalue weighted by Crippen LogP contribution is -2.45. The van der Waals surface area contributed by atoms with Gasteiger partial charge in [-0.3, -0.25) is 4.79 Å². The fourth-order valence-electron chi connectivity index (χ4n) is 4.00. The standard InChI is InChI=1S/C17H33N3O/c1-20(15-8-3-2-4-9-15)13-7-12-19-16(21)17(14-18)10-5-6-11-17/h15H,2-14,18H2,1H3,(H,19,21). The van der Waals surface area contributed by atoms with Crippen LogP contribution in [-0.2, 0) is 4.79 Å². The number of nitrogens with zero attached hydrogens (tertiary/aromatic N) is 1. The van der Waals surface area contributed by atoms with Gasteiger partial charge in [0, 0.05) is 19.1 Å². The van der Waals surface area contributed by atoms with E-state index in [1.54, 1.807) is 0 Å². The molecule has 0 atom stereocenters. The van der Waals surface area contributed by atoms with Gasteiger partial charge in [-0.1, -0.05) is 32.1 Å². The minimum absolute atomic E-state index is 0.197. The van der Waals surface area contributed by atoms with Crippen molar-refractivity contribution < 1.29 is 4.79 Å². The average Bonchev–Trinajstić information content (AvgIpc) is 3.02. The molecule has 0 aliphatic heterocycles. The van der Waals surface area contributed by atoms with Crippen LogP contribution in [0.1, 0.15) is 64.2 Å². The van der Waals surface area contributed by atoms with Gasteiger partial charge in [-0.05, 0) is 45.7 Å². The summed E-state index contributed by atoms with van der Waals surface area (Å²) in [6.45, 7) is 2.37. The van der Waals surface area contributed by atoms with E-state index in [-0.39, 0.29) is 11.3 Å². The third-order valence-corrected chi connectivity index (χ3v) is 5.60. The summed E-state index contributed by atoms with van der Waals surface area (Å²) >= 11 is 0. The molecule has 0 spiro atoms. The molecule has 3 N–H and O–H groups in total. The highest BCUT2D eigenvalue weighted by Crippen LogP contribution is 2.37. The molecule has 0 unspecified atom stereocenters. The summed E-state index contributed by atoms with van der Waals surface area (Å²) in [5.41, 5.74) is 5.60. The van der Waals surface area contributed by atoms with Crippen LogP contribution in [0.15, 0.2) is 0 Å². The smallest absolute Gasteiger partial charge is 0.227 e. The fraction of sp³-hybridized carbons (Fsp3) is 0.941. The largest absolute Gasteiger partial charge is 0.356 e. The van der Waals surface area contributed by atoms with Gasteiger partial charge in [-0.15, -0.1) is 0 Å². The van der Waals surface area contributed by atoms with Crippen molar-refractivity contribution >= 4 is 5.91 Å². The van der Waals surface area contributed by atoms with Crippen LogP contribution in [0.4, 0.5) is 0 Å². The number of hydrogen-bond donors (Lipinski definition) is 2. The van der Waals surface area contributed by atoms with E-state index in [0.29, 0.717) is 6.54 Å². The van der Waals surface area contributed by atoms with Gasteiger partial charge in [-0.2, -0.15) is 0 Å². The minimum atomic E-state index is -0.255. The Morgan fingerprint density at radius 2 is 1.86 bits per heavy atom. The van der Waals surface area contributed by atoms with Gasteiger partial charge in [0.05, 0.1) is 5.41 Å². The molecule has 0 aromatic rings. The quantitative estimate of drug-likeness (QED) is 0.708. The predicted octanol–water partition coefficient (Wildman–Crippen LogP) is 2.28. The summed E-state index contributed by atoms with van der Waals surface area (Å²) in [7, 11) is 2.23. The lowest BCUT2D eigenvalue weighted by molar-refractivity contribution is -0.130. The van der Waals surface area contributed by atoms with E-state index in [1.165, 1.54) is 32.1 Å². The summed E-state index contributed by atoms with van der Waals surface area (Å²) in [5, 5.41) is 3.13.